The Hall–Kier alpha value is -2.94. The number of hydrogen-bond acceptors (Lipinski definition) is 4. The highest BCUT2D eigenvalue weighted by Gasteiger charge is 2.32. The number of amides is 2. The van der Waals surface area contributed by atoms with Crippen molar-refractivity contribution in [2.75, 3.05) is 13.6 Å². The van der Waals surface area contributed by atoms with Gasteiger partial charge in [0.25, 0.3) is 0 Å². The van der Waals surface area contributed by atoms with E-state index < -0.39 is 28.5 Å². The molecule has 0 aliphatic rings. The van der Waals surface area contributed by atoms with Crippen LogP contribution in [0.4, 0.5) is 0 Å². The predicted molar refractivity (Wildman–Crippen MR) is 148 cm³/mol. The molecule has 0 aliphatic heterocycles. The average Bonchev–Trinajstić information content (AvgIpc) is 2.89. The number of halogens is 1. The van der Waals surface area contributed by atoms with Gasteiger partial charge in [0.05, 0.1) is 11.4 Å². The summed E-state index contributed by atoms with van der Waals surface area (Å²) in [5, 5.41) is 5.12. The van der Waals surface area contributed by atoms with Crippen molar-refractivity contribution in [1.82, 2.24) is 14.5 Å². The lowest BCUT2D eigenvalue weighted by Crippen LogP contribution is -2.53. The molecule has 7 nitrogen and oxygen atoms in total. The minimum absolute atomic E-state index is 0.0604. The Bertz CT molecular complexity index is 1360. The van der Waals surface area contributed by atoms with Gasteiger partial charge in [-0.1, -0.05) is 74.0 Å². The number of carbonyl (C=O) groups is 2. The molecule has 0 aliphatic carbocycles. The molecule has 0 spiro atoms. The molecule has 0 bridgehead atoms. The van der Waals surface area contributed by atoms with Gasteiger partial charge in [0.2, 0.25) is 21.8 Å². The highest BCUT2D eigenvalue weighted by molar-refractivity contribution is 7.89. The smallest absolute Gasteiger partial charge is 0.243 e. The number of carbonyl (C=O) groups excluding carboxylic acids is 2. The summed E-state index contributed by atoms with van der Waals surface area (Å²) >= 11 is 6.37. The average molecular weight is 544 g/mol. The van der Waals surface area contributed by atoms with Crippen molar-refractivity contribution in [3.8, 4) is 0 Å². The summed E-state index contributed by atoms with van der Waals surface area (Å²) in [6.45, 7) is 5.34. The van der Waals surface area contributed by atoms with Crippen molar-refractivity contribution >= 4 is 44.2 Å². The minimum Gasteiger partial charge on any atom is -0.352 e. The first kappa shape index (κ1) is 28.6. The van der Waals surface area contributed by atoms with E-state index in [-0.39, 0.29) is 23.4 Å². The summed E-state index contributed by atoms with van der Waals surface area (Å²) < 4.78 is 27.7. The van der Waals surface area contributed by atoms with Gasteiger partial charge in [-0.25, -0.2) is 8.42 Å². The van der Waals surface area contributed by atoms with Gasteiger partial charge in [-0.15, -0.1) is 0 Å². The third-order valence-electron chi connectivity index (χ3n) is 6.47. The Morgan fingerprint density at radius 1 is 0.946 bits per heavy atom. The molecule has 37 heavy (non-hydrogen) atoms. The zero-order valence-corrected chi connectivity index (χ0v) is 23.2. The standard InChI is InChI=1S/C28H34ClN3O4S/c1-5-20(3)30-28(34)26(6-2)32(18-23-13-9-10-14-25(23)29)27(33)19-31(4)37(35,36)24-16-15-21-11-7-8-12-22(21)17-24/h7-17,20,26H,5-6,18-19H2,1-4H3,(H,30,34)/t20-,26+/m0/s1. The van der Waals surface area contributed by atoms with Crippen LogP contribution in [-0.4, -0.2) is 55.1 Å². The quantitative estimate of drug-likeness (QED) is 0.375. The van der Waals surface area contributed by atoms with Crippen LogP contribution in [0.25, 0.3) is 10.8 Å². The van der Waals surface area contributed by atoms with Crippen molar-refractivity contribution < 1.29 is 18.0 Å². The summed E-state index contributed by atoms with van der Waals surface area (Å²) in [7, 11) is -2.59. The van der Waals surface area contributed by atoms with Crippen LogP contribution in [-0.2, 0) is 26.2 Å². The number of hydrogen-bond donors (Lipinski definition) is 1. The van der Waals surface area contributed by atoms with Crippen molar-refractivity contribution in [1.29, 1.82) is 0 Å². The number of sulfonamides is 1. The van der Waals surface area contributed by atoms with Crippen molar-refractivity contribution in [2.45, 2.75) is 57.1 Å². The number of rotatable bonds is 11. The largest absolute Gasteiger partial charge is 0.352 e. The molecule has 0 heterocycles. The fourth-order valence-electron chi connectivity index (χ4n) is 4.04. The van der Waals surface area contributed by atoms with Crippen molar-refractivity contribution in [2.24, 2.45) is 0 Å². The Kier molecular flexibility index (Phi) is 9.70. The summed E-state index contributed by atoms with van der Waals surface area (Å²) in [4.78, 5) is 28.3. The van der Waals surface area contributed by atoms with Crippen LogP contribution in [0, 0.1) is 0 Å². The maximum absolute atomic E-state index is 13.6. The van der Waals surface area contributed by atoms with Gasteiger partial charge in [0.15, 0.2) is 0 Å². The molecule has 3 aromatic carbocycles. The molecular weight excluding hydrogens is 510 g/mol. The van der Waals surface area contributed by atoms with Crippen LogP contribution in [0.15, 0.2) is 71.6 Å². The molecular formula is C28H34ClN3O4S. The first-order valence-corrected chi connectivity index (χ1v) is 14.2. The van der Waals surface area contributed by atoms with E-state index in [9.17, 15) is 18.0 Å². The number of nitrogens with one attached hydrogen (secondary N) is 1. The molecule has 2 amide bonds. The minimum atomic E-state index is -3.96. The maximum atomic E-state index is 13.6. The number of likely N-dealkylation sites (N-methyl/N-ethyl adjacent to an activating group) is 1. The van der Waals surface area contributed by atoms with E-state index in [1.54, 1.807) is 36.4 Å². The summed E-state index contributed by atoms with van der Waals surface area (Å²) in [6.07, 6.45) is 1.10. The Balaban J connectivity index is 1.89. The molecule has 0 fully saturated rings. The van der Waals surface area contributed by atoms with E-state index >= 15 is 0 Å². The predicted octanol–water partition coefficient (Wildman–Crippen LogP) is 4.84. The zero-order valence-electron chi connectivity index (χ0n) is 21.6. The van der Waals surface area contributed by atoms with Gasteiger partial charge >= 0.3 is 0 Å². The van der Waals surface area contributed by atoms with Gasteiger partial charge in [-0.3, -0.25) is 9.59 Å². The van der Waals surface area contributed by atoms with Crippen LogP contribution in [0.5, 0.6) is 0 Å². The lowest BCUT2D eigenvalue weighted by atomic mass is 10.1. The fraction of sp³-hybridized carbons (Fsp3) is 0.357. The Morgan fingerprint density at radius 3 is 2.24 bits per heavy atom. The molecule has 2 atom stereocenters. The van der Waals surface area contributed by atoms with E-state index in [1.165, 1.54) is 18.0 Å². The topological polar surface area (TPSA) is 86.8 Å². The lowest BCUT2D eigenvalue weighted by molar-refractivity contribution is -0.141. The molecule has 9 heteroatoms. The van der Waals surface area contributed by atoms with Crippen LogP contribution < -0.4 is 5.32 Å². The SMILES string of the molecule is CC[C@H](C(=O)N[C@@H](C)CC)N(Cc1ccccc1Cl)C(=O)CN(C)S(=O)(=O)c1ccc2ccccc2c1. The number of nitrogens with zero attached hydrogens (tertiary/aromatic N) is 2. The highest BCUT2D eigenvalue weighted by atomic mass is 35.5. The van der Waals surface area contributed by atoms with Crippen molar-refractivity contribution in [3.05, 3.63) is 77.3 Å². The monoisotopic (exact) mass is 543 g/mol. The highest BCUT2D eigenvalue weighted by Crippen LogP contribution is 2.23. The van der Waals surface area contributed by atoms with Gasteiger partial charge in [-0.2, -0.15) is 4.31 Å². The Morgan fingerprint density at radius 2 is 1.59 bits per heavy atom. The third-order valence-corrected chi connectivity index (χ3v) is 8.64. The summed E-state index contributed by atoms with van der Waals surface area (Å²) in [5.74, 6) is -0.768. The molecule has 3 aromatic rings. The van der Waals surface area contributed by atoms with Gasteiger partial charge in [0.1, 0.15) is 6.04 Å². The van der Waals surface area contributed by atoms with Crippen LogP contribution in [0.3, 0.4) is 0 Å². The third kappa shape index (κ3) is 6.89. The molecule has 1 N–H and O–H groups in total. The molecule has 0 unspecified atom stereocenters. The van der Waals surface area contributed by atoms with Gasteiger partial charge < -0.3 is 10.2 Å². The van der Waals surface area contributed by atoms with E-state index in [4.69, 9.17) is 11.6 Å². The second kappa shape index (κ2) is 12.5. The first-order chi connectivity index (χ1) is 17.6. The Labute approximate surface area is 224 Å². The van der Waals surface area contributed by atoms with Gasteiger partial charge in [0, 0.05) is 24.7 Å². The lowest BCUT2D eigenvalue weighted by Gasteiger charge is -2.32. The molecule has 198 valence electrons. The van der Waals surface area contributed by atoms with E-state index in [2.05, 4.69) is 5.32 Å². The van der Waals surface area contributed by atoms with Crippen molar-refractivity contribution in [3.63, 3.8) is 0 Å². The second-order valence-electron chi connectivity index (χ2n) is 9.13. The summed E-state index contributed by atoms with van der Waals surface area (Å²) in [6, 6.07) is 18.6. The number of benzene rings is 3. The molecule has 3 rings (SSSR count). The maximum Gasteiger partial charge on any atom is 0.243 e. The number of fused-ring (bicyclic) bond motifs is 1. The molecule has 0 radical (unpaired) electrons. The zero-order chi connectivity index (χ0) is 27.2. The fourth-order valence-corrected chi connectivity index (χ4v) is 5.40. The molecule has 0 aromatic heterocycles. The van der Waals surface area contributed by atoms with Crippen LogP contribution in [0.1, 0.15) is 39.2 Å². The van der Waals surface area contributed by atoms with Crippen LogP contribution >= 0.6 is 11.6 Å². The second-order valence-corrected chi connectivity index (χ2v) is 11.6. The molecule has 0 saturated carbocycles. The first-order valence-electron chi connectivity index (χ1n) is 12.4. The summed E-state index contributed by atoms with van der Waals surface area (Å²) in [5.41, 5.74) is 0.673. The normalized spacial score (nSPS) is 13.4. The molecule has 0 saturated heterocycles. The van der Waals surface area contributed by atoms with E-state index in [1.807, 2.05) is 45.0 Å². The van der Waals surface area contributed by atoms with Crippen LogP contribution in [0.2, 0.25) is 5.02 Å². The van der Waals surface area contributed by atoms with Gasteiger partial charge in [-0.05, 0) is 54.3 Å². The van der Waals surface area contributed by atoms with E-state index in [0.717, 1.165) is 21.5 Å². The van der Waals surface area contributed by atoms with E-state index in [0.29, 0.717) is 17.0 Å².